The summed E-state index contributed by atoms with van der Waals surface area (Å²) in [5.41, 5.74) is -0.564. The fourth-order valence-corrected chi connectivity index (χ4v) is 1.64. The summed E-state index contributed by atoms with van der Waals surface area (Å²) in [6, 6.07) is 7.55. The van der Waals surface area contributed by atoms with Crippen LogP contribution in [-0.4, -0.2) is 17.1 Å². The van der Waals surface area contributed by atoms with Crippen LogP contribution in [-0.2, 0) is 0 Å². The van der Waals surface area contributed by atoms with Gasteiger partial charge in [-0.25, -0.2) is 18.4 Å². The van der Waals surface area contributed by atoms with Gasteiger partial charge in [0.2, 0.25) is 0 Å². The lowest BCUT2D eigenvalue weighted by molar-refractivity contribution is 0.0697. The lowest BCUT2D eigenvalue weighted by atomic mass is 10.1. The van der Waals surface area contributed by atoms with Gasteiger partial charge in [-0.2, -0.15) is 0 Å². The SMILES string of the molecule is O=C(Nc1ccccc1F)Nc1ccc(F)cc1C(=O)O. The highest BCUT2D eigenvalue weighted by Gasteiger charge is 2.14. The van der Waals surface area contributed by atoms with Crippen molar-refractivity contribution in [2.45, 2.75) is 0 Å². The van der Waals surface area contributed by atoms with E-state index in [1.807, 2.05) is 0 Å². The molecule has 0 saturated carbocycles. The molecule has 0 aromatic heterocycles. The Kier molecular flexibility index (Phi) is 4.13. The maximum absolute atomic E-state index is 13.4. The van der Waals surface area contributed by atoms with E-state index in [2.05, 4.69) is 10.6 Å². The Balaban J connectivity index is 2.17. The van der Waals surface area contributed by atoms with Gasteiger partial charge in [-0.05, 0) is 30.3 Å². The van der Waals surface area contributed by atoms with E-state index in [9.17, 15) is 18.4 Å². The molecule has 3 N–H and O–H groups in total. The number of aromatic carboxylic acids is 1. The number of carboxylic acids is 1. The lowest BCUT2D eigenvalue weighted by Crippen LogP contribution is -2.21. The number of nitrogens with one attached hydrogen (secondary N) is 2. The fraction of sp³-hybridized carbons (Fsp3) is 0. The van der Waals surface area contributed by atoms with Crippen LogP contribution in [0.4, 0.5) is 25.0 Å². The Hall–Kier alpha value is -2.96. The second kappa shape index (κ2) is 6.00. The second-order valence-electron chi connectivity index (χ2n) is 4.05. The van der Waals surface area contributed by atoms with E-state index < -0.39 is 29.2 Å². The highest BCUT2D eigenvalue weighted by atomic mass is 19.1. The Morgan fingerprint density at radius 1 is 0.952 bits per heavy atom. The summed E-state index contributed by atoms with van der Waals surface area (Å²) in [6.45, 7) is 0. The topological polar surface area (TPSA) is 78.4 Å². The Labute approximate surface area is 118 Å². The molecule has 2 rings (SSSR count). The number of hydrogen-bond donors (Lipinski definition) is 3. The fourth-order valence-electron chi connectivity index (χ4n) is 1.64. The van der Waals surface area contributed by atoms with Gasteiger partial charge >= 0.3 is 12.0 Å². The maximum atomic E-state index is 13.4. The van der Waals surface area contributed by atoms with Crippen molar-refractivity contribution >= 4 is 23.4 Å². The van der Waals surface area contributed by atoms with Crippen LogP contribution in [0.3, 0.4) is 0 Å². The summed E-state index contributed by atoms with van der Waals surface area (Å²) in [5, 5.41) is 13.4. The monoisotopic (exact) mass is 292 g/mol. The van der Waals surface area contributed by atoms with Crippen molar-refractivity contribution in [3.63, 3.8) is 0 Å². The molecule has 2 aromatic rings. The Morgan fingerprint density at radius 2 is 1.62 bits per heavy atom. The van der Waals surface area contributed by atoms with Crippen LogP contribution in [0.1, 0.15) is 10.4 Å². The minimum absolute atomic E-state index is 0.0611. The van der Waals surface area contributed by atoms with E-state index in [1.165, 1.54) is 18.2 Å². The van der Waals surface area contributed by atoms with Crippen LogP contribution < -0.4 is 10.6 Å². The van der Waals surface area contributed by atoms with Crippen molar-refractivity contribution in [2.75, 3.05) is 10.6 Å². The summed E-state index contributed by atoms with van der Waals surface area (Å²) in [7, 11) is 0. The van der Waals surface area contributed by atoms with Gasteiger partial charge in [0, 0.05) is 0 Å². The number of anilines is 2. The number of urea groups is 1. The third-order valence-corrected chi connectivity index (χ3v) is 2.58. The Bertz CT molecular complexity index is 704. The first-order valence-corrected chi connectivity index (χ1v) is 5.83. The molecule has 0 atom stereocenters. The van der Waals surface area contributed by atoms with E-state index in [0.717, 1.165) is 24.3 Å². The molecule has 0 fully saturated rings. The lowest BCUT2D eigenvalue weighted by Gasteiger charge is -2.10. The number of para-hydroxylation sites is 1. The average molecular weight is 292 g/mol. The predicted molar refractivity (Wildman–Crippen MR) is 72.4 cm³/mol. The molecular formula is C14H10F2N2O3. The molecule has 108 valence electrons. The molecule has 2 aromatic carbocycles. The molecule has 0 aliphatic rings. The van der Waals surface area contributed by atoms with Crippen LogP contribution in [0.15, 0.2) is 42.5 Å². The largest absolute Gasteiger partial charge is 0.478 e. The number of halogens is 2. The summed E-state index contributed by atoms with van der Waals surface area (Å²) >= 11 is 0. The number of benzene rings is 2. The molecule has 0 spiro atoms. The van der Waals surface area contributed by atoms with Crippen molar-refractivity contribution in [2.24, 2.45) is 0 Å². The van der Waals surface area contributed by atoms with Crippen molar-refractivity contribution < 1.29 is 23.5 Å². The number of hydrogen-bond acceptors (Lipinski definition) is 2. The van der Waals surface area contributed by atoms with E-state index in [0.29, 0.717) is 0 Å². The second-order valence-corrected chi connectivity index (χ2v) is 4.05. The van der Waals surface area contributed by atoms with Crippen LogP contribution in [0.2, 0.25) is 0 Å². The minimum atomic E-state index is -1.39. The molecule has 0 aliphatic heterocycles. The minimum Gasteiger partial charge on any atom is -0.478 e. The first-order valence-electron chi connectivity index (χ1n) is 5.83. The number of amides is 2. The zero-order valence-electron chi connectivity index (χ0n) is 10.6. The van der Waals surface area contributed by atoms with Crippen molar-refractivity contribution in [3.05, 3.63) is 59.7 Å². The molecule has 0 saturated heterocycles. The van der Waals surface area contributed by atoms with Crippen molar-refractivity contribution in [1.29, 1.82) is 0 Å². The number of carboxylic acid groups (broad SMARTS) is 1. The molecule has 2 amide bonds. The molecule has 21 heavy (non-hydrogen) atoms. The van der Waals surface area contributed by atoms with Gasteiger partial charge in [-0.1, -0.05) is 12.1 Å². The predicted octanol–water partition coefficient (Wildman–Crippen LogP) is 3.31. The molecule has 5 nitrogen and oxygen atoms in total. The molecule has 0 aliphatic carbocycles. The number of rotatable bonds is 3. The van der Waals surface area contributed by atoms with Crippen LogP contribution >= 0.6 is 0 Å². The van der Waals surface area contributed by atoms with Gasteiger partial charge in [0.25, 0.3) is 0 Å². The number of carbonyl (C=O) groups excluding carboxylic acids is 1. The maximum Gasteiger partial charge on any atom is 0.337 e. The van der Waals surface area contributed by atoms with Gasteiger partial charge in [0.05, 0.1) is 16.9 Å². The number of carbonyl (C=O) groups is 2. The molecule has 0 radical (unpaired) electrons. The third-order valence-electron chi connectivity index (χ3n) is 2.58. The van der Waals surface area contributed by atoms with Crippen LogP contribution in [0.5, 0.6) is 0 Å². The van der Waals surface area contributed by atoms with E-state index in [4.69, 9.17) is 5.11 Å². The van der Waals surface area contributed by atoms with Gasteiger partial charge in [0.15, 0.2) is 0 Å². The van der Waals surface area contributed by atoms with Crippen LogP contribution in [0.25, 0.3) is 0 Å². The summed E-state index contributed by atoms with van der Waals surface area (Å²) in [6.07, 6.45) is 0. The van der Waals surface area contributed by atoms with Gasteiger partial charge in [-0.3, -0.25) is 0 Å². The van der Waals surface area contributed by atoms with Gasteiger partial charge in [-0.15, -0.1) is 0 Å². The highest BCUT2D eigenvalue weighted by Crippen LogP contribution is 2.18. The summed E-state index contributed by atoms with van der Waals surface area (Å²) in [4.78, 5) is 22.7. The third kappa shape index (κ3) is 3.53. The highest BCUT2D eigenvalue weighted by molar-refractivity contribution is 6.04. The smallest absolute Gasteiger partial charge is 0.337 e. The van der Waals surface area contributed by atoms with Crippen molar-refractivity contribution in [1.82, 2.24) is 0 Å². The average Bonchev–Trinajstić information content (AvgIpc) is 2.43. The standard InChI is InChI=1S/C14H10F2N2O3/c15-8-5-6-11(9(7-8)13(19)20)17-14(21)18-12-4-2-1-3-10(12)16/h1-7H,(H,19,20)(H2,17,18,21). The quantitative estimate of drug-likeness (QED) is 0.812. The normalized spacial score (nSPS) is 10.0. The molecule has 0 unspecified atom stereocenters. The summed E-state index contributed by atoms with van der Waals surface area (Å²) < 4.78 is 26.4. The van der Waals surface area contributed by atoms with Crippen molar-refractivity contribution in [3.8, 4) is 0 Å². The molecular weight excluding hydrogens is 282 g/mol. The first kappa shape index (κ1) is 14.4. The Morgan fingerprint density at radius 3 is 2.29 bits per heavy atom. The zero-order valence-corrected chi connectivity index (χ0v) is 10.6. The molecule has 7 heteroatoms. The molecule has 0 heterocycles. The molecule has 0 bridgehead atoms. The zero-order chi connectivity index (χ0) is 15.4. The summed E-state index contributed by atoms with van der Waals surface area (Å²) in [5.74, 6) is -2.77. The van der Waals surface area contributed by atoms with E-state index >= 15 is 0 Å². The van der Waals surface area contributed by atoms with Gasteiger partial charge < -0.3 is 15.7 Å². The first-order chi connectivity index (χ1) is 9.97. The van der Waals surface area contributed by atoms with Gasteiger partial charge in [0.1, 0.15) is 11.6 Å². The van der Waals surface area contributed by atoms with Crippen LogP contribution in [0, 0.1) is 11.6 Å². The van der Waals surface area contributed by atoms with E-state index in [1.54, 1.807) is 0 Å². The van der Waals surface area contributed by atoms with E-state index in [-0.39, 0.29) is 11.4 Å².